The van der Waals surface area contributed by atoms with E-state index >= 15 is 0 Å². The van der Waals surface area contributed by atoms with Crippen LogP contribution in [0.4, 0.5) is 0 Å². The van der Waals surface area contributed by atoms with Gasteiger partial charge < -0.3 is 5.32 Å². The van der Waals surface area contributed by atoms with Crippen molar-refractivity contribution in [2.24, 2.45) is 5.92 Å². The lowest BCUT2D eigenvalue weighted by atomic mass is 10.00. The molecule has 1 aromatic heterocycles. The van der Waals surface area contributed by atoms with E-state index in [9.17, 15) is 0 Å². The fourth-order valence-corrected chi connectivity index (χ4v) is 2.51. The average Bonchev–Trinajstić information content (AvgIpc) is 2.81. The second kappa shape index (κ2) is 5.44. The van der Waals surface area contributed by atoms with Crippen LogP contribution >= 0.6 is 0 Å². The topological polar surface area (TPSA) is 24.9 Å². The van der Waals surface area contributed by atoms with Crippen LogP contribution in [0.25, 0.3) is 0 Å². The van der Waals surface area contributed by atoms with Crippen LogP contribution in [0.15, 0.2) is 18.3 Å². The quantitative estimate of drug-likeness (QED) is 0.840. The summed E-state index contributed by atoms with van der Waals surface area (Å²) in [5.74, 6) is 0.887. The molecule has 1 unspecified atom stereocenters. The van der Waals surface area contributed by atoms with Crippen LogP contribution in [0.3, 0.4) is 0 Å². The van der Waals surface area contributed by atoms with Gasteiger partial charge in [0, 0.05) is 24.5 Å². The van der Waals surface area contributed by atoms with Crippen molar-refractivity contribution in [1.29, 1.82) is 0 Å². The molecule has 0 spiro atoms. The maximum absolute atomic E-state index is 4.31. The van der Waals surface area contributed by atoms with Crippen molar-refractivity contribution in [2.45, 2.75) is 52.1 Å². The van der Waals surface area contributed by atoms with Crippen molar-refractivity contribution in [3.8, 4) is 0 Å². The van der Waals surface area contributed by atoms with Gasteiger partial charge in [-0.25, -0.2) is 0 Å². The van der Waals surface area contributed by atoms with E-state index in [1.165, 1.54) is 31.2 Å². The molecular formula is C14H22N2. The predicted octanol–water partition coefficient (Wildman–Crippen LogP) is 3.06. The van der Waals surface area contributed by atoms with Crippen molar-refractivity contribution in [2.75, 3.05) is 0 Å². The zero-order valence-corrected chi connectivity index (χ0v) is 10.4. The molecule has 88 valence electrons. The van der Waals surface area contributed by atoms with Crippen molar-refractivity contribution in [3.05, 3.63) is 29.6 Å². The Morgan fingerprint density at radius 1 is 1.38 bits per heavy atom. The van der Waals surface area contributed by atoms with E-state index in [0.29, 0.717) is 6.04 Å². The summed E-state index contributed by atoms with van der Waals surface area (Å²) in [6.07, 6.45) is 7.62. The summed E-state index contributed by atoms with van der Waals surface area (Å²) in [5.41, 5.74) is 2.38. The monoisotopic (exact) mass is 218 g/mol. The van der Waals surface area contributed by atoms with E-state index in [2.05, 4.69) is 29.4 Å². The van der Waals surface area contributed by atoms with Gasteiger partial charge in [0.2, 0.25) is 0 Å². The molecule has 0 aromatic carbocycles. The minimum atomic E-state index is 0.642. The molecule has 1 heterocycles. The Bertz CT molecular complexity index is 312. The fraction of sp³-hybridized carbons (Fsp3) is 0.643. The van der Waals surface area contributed by atoms with Gasteiger partial charge in [0.05, 0.1) is 0 Å². The van der Waals surface area contributed by atoms with Crippen LogP contribution in [0.2, 0.25) is 0 Å². The summed E-state index contributed by atoms with van der Waals surface area (Å²) < 4.78 is 0. The van der Waals surface area contributed by atoms with Crippen LogP contribution in [-0.4, -0.2) is 11.0 Å². The first-order chi connectivity index (χ1) is 7.75. The molecule has 1 atom stereocenters. The Morgan fingerprint density at radius 2 is 2.12 bits per heavy atom. The molecule has 0 saturated heterocycles. The molecule has 0 bridgehead atoms. The van der Waals surface area contributed by atoms with Crippen LogP contribution in [0.1, 0.15) is 43.9 Å². The average molecular weight is 218 g/mol. The Balaban J connectivity index is 1.80. The van der Waals surface area contributed by atoms with Crippen LogP contribution < -0.4 is 5.32 Å². The fourth-order valence-electron chi connectivity index (χ4n) is 2.51. The van der Waals surface area contributed by atoms with E-state index in [-0.39, 0.29) is 0 Å². The Hall–Kier alpha value is -0.890. The van der Waals surface area contributed by atoms with Gasteiger partial charge in [0.25, 0.3) is 0 Å². The normalized spacial score (nSPS) is 18.9. The summed E-state index contributed by atoms with van der Waals surface area (Å²) in [6.45, 7) is 5.29. The molecule has 1 N–H and O–H groups in total. The molecule has 1 aromatic rings. The molecule has 2 nitrogen and oxygen atoms in total. The van der Waals surface area contributed by atoms with Crippen LogP contribution in [0.5, 0.6) is 0 Å². The summed E-state index contributed by atoms with van der Waals surface area (Å²) in [4.78, 5) is 4.31. The van der Waals surface area contributed by atoms with Crippen molar-refractivity contribution < 1.29 is 0 Å². The van der Waals surface area contributed by atoms with E-state index in [1.54, 1.807) is 0 Å². The Morgan fingerprint density at radius 3 is 2.75 bits per heavy atom. The number of rotatable bonds is 4. The summed E-state index contributed by atoms with van der Waals surface area (Å²) in [5, 5.41) is 3.62. The van der Waals surface area contributed by atoms with Crippen molar-refractivity contribution in [1.82, 2.24) is 10.3 Å². The van der Waals surface area contributed by atoms with Gasteiger partial charge in [-0.05, 0) is 44.2 Å². The Labute approximate surface area is 98.5 Å². The second-order valence-electron chi connectivity index (χ2n) is 5.02. The molecule has 0 aliphatic heterocycles. The molecule has 1 saturated carbocycles. The number of nitrogens with one attached hydrogen (secondary N) is 1. The Kier molecular flexibility index (Phi) is 3.94. The van der Waals surface area contributed by atoms with Gasteiger partial charge in [0.1, 0.15) is 0 Å². The number of aryl methyl sites for hydroxylation is 1. The molecule has 1 aliphatic rings. The zero-order valence-electron chi connectivity index (χ0n) is 10.4. The SMILES string of the molecule is Cc1ccc(CNC(C)C2CCCC2)cn1. The predicted molar refractivity (Wildman–Crippen MR) is 67.2 cm³/mol. The smallest absolute Gasteiger partial charge is 0.0372 e. The van der Waals surface area contributed by atoms with Crippen molar-refractivity contribution >= 4 is 0 Å². The third-order valence-corrected chi connectivity index (χ3v) is 3.71. The third kappa shape index (κ3) is 3.05. The molecule has 0 radical (unpaired) electrons. The molecular weight excluding hydrogens is 196 g/mol. The number of hydrogen-bond donors (Lipinski definition) is 1. The van der Waals surface area contributed by atoms with E-state index in [1.807, 2.05) is 13.1 Å². The highest BCUT2D eigenvalue weighted by Gasteiger charge is 2.20. The minimum Gasteiger partial charge on any atom is -0.310 e. The lowest BCUT2D eigenvalue weighted by molar-refractivity contribution is 0.380. The standard InChI is InChI=1S/C14H22N2/c1-11-7-8-13(9-15-11)10-16-12(2)14-5-3-4-6-14/h7-9,12,14,16H,3-6,10H2,1-2H3. The van der Waals surface area contributed by atoms with Gasteiger partial charge in [-0.15, -0.1) is 0 Å². The van der Waals surface area contributed by atoms with Gasteiger partial charge in [-0.1, -0.05) is 18.9 Å². The first-order valence-corrected chi connectivity index (χ1v) is 6.40. The first-order valence-electron chi connectivity index (χ1n) is 6.40. The lowest BCUT2D eigenvalue weighted by Crippen LogP contribution is -2.31. The summed E-state index contributed by atoms with van der Waals surface area (Å²) in [7, 11) is 0. The highest BCUT2D eigenvalue weighted by molar-refractivity contribution is 5.12. The molecule has 1 fully saturated rings. The first kappa shape index (κ1) is 11.6. The van der Waals surface area contributed by atoms with Crippen LogP contribution in [-0.2, 0) is 6.54 Å². The third-order valence-electron chi connectivity index (χ3n) is 3.71. The molecule has 2 heteroatoms. The van der Waals surface area contributed by atoms with E-state index in [4.69, 9.17) is 0 Å². The lowest BCUT2D eigenvalue weighted by Gasteiger charge is -2.20. The van der Waals surface area contributed by atoms with E-state index < -0.39 is 0 Å². The number of aromatic nitrogens is 1. The largest absolute Gasteiger partial charge is 0.310 e. The highest BCUT2D eigenvalue weighted by atomic mass is 14.9. The second-order valence-corrected chi connectivity index (χ2v) is 5.02. The maximum Gasteiger partial charge on any atom is 0.0372 e. The van der Waals surface area contributed by atoms with Crippen molar-refractivity contribution in [3.63, 3.8) is 0 Å². The van der Waals surface area contributed by atoms with Gasteiger partial charge >= 0.3 is 0 Å². The molecule has 1 aliphatic carbocycles. The maximum atomic E-state index is 4.31. The van der Waals surface area contributed by atoms with Gasteiger partial charge in [0.15, 0.2) is 0 Å². The minimum absolute atomic E-state index is 0.642. The number of pyridine rings is 1. The van der Waals surface area contributed by atoms with E-state index in [0.717, 1.165) is 18.2 Å². The number of hydrogen-bond acceptors (Lipinski definition) is 2. The highest BCUT2D eigenvalue weighted by Crippen LogP contribution is 2.27. The van der Waals surface area contributed by atoms with Gasteiger partial charge in [-0.3, -0.25) is 4.98 Å². The van der Waals surface area contributed by atoms with Gasteiger partial charge in [-0.2, -0.15) is 0 Å². The number of nitrogens with zero attached hydrogens (tertiary/aromatic N) is 1. The molecule has 2 rings (SSSR count). The molecule has 0 amide bonds. The summed E-state index contributed by atoms with van der Waals surface area (Å²) in [6, 6.07) is 4.89. The zero-order chi connectivity index (χ0) is 11.4. The van der Waals surface area contributed by atoms with Crippen LogP contribution in [0, 0.1) is 12.8 Å². The molecule has 16 heavy (non-hydrogen) atoms. The summed E-state index contributed by atoms with van der Waals surface area (Å²) >= 11 is 0.